The molecule has 0 radical (unpaired) electrons. The van der Waals surface area contributed by atoms with Crippen molar-refractivity contribution in [2.24, 2.45) is 7.05 Å². The Hall–Kier alpha value is -0.520. The van der Waals surface area contributed by atoms with Crippen molar-refractivity contribution < 1.29 is 0 Å². The van der Waals surface area contributed by atoms with Gasteiger partial charge in [-0.2, -0.15) is 5.10 Å². The lowest BCUT2D eigenvalue weighted by atomic mass is 10.1. The topological polar surface area (TPSA) is 24.3 Å². The molecule has 1 aliphatic rings. The molecular formula is C12H24N4S. The van der Waals surface area contributed by atoms with Crippen molar-refractivity contribution in [1.29, 1.82) is 0 Å². The zero-order valence-corrected chi connectivity index (χ0v) is 12.6. The first-order chi connectivity index (χ1) is 7.91. The zero-order valence-electron chi connectivity index (χ0n) is 11.7. The van der Waals surface area contributed by atoms with Gasteiger partial charge in [-0.15, -0.1) is 0 Å². The zero-order chi connectivity index (χ0) is 12.7. The summed E-state index contributed by atoms with van der Waals surface area (Å²) in [6.07, 6.45) is 4.65. The molecular weight excluding hydrogens is 232 g/mol. The second-order valence-electron chi connectivity index (χ2n) is 5.29. The first kappa shape index (κ1) is 12.9. The van der Waals surface area contributed by atoms with Crippen LogP contribution in [-0.2, 0) is 20.1 Å². The Morgan fingerprint density at radius 1 is 1.41 bits per heavy atom. The van der Waals surface area contributed by atoms with Crippen LogP contribution < -0.4 is 0 Å². The third-order valence-electron chi connectivity index (χ3n) is 3.45. The molecule has 1 atom stereocenters. The molecule has 0 bridgehead atoms. The van der Waals surface area contributed by atoms with Gasteiger partial charge >= 0.3 is 0 Å². The van der Waals surface area contributed by atoms with Crippen LogP contribution in [-0.4, -0.2) is 45.6 Å². The Labute approximate surface area is 107 Å². The number of aryl methyl sites for hydroxylation is 1. The van der Waals surface area contributed by atoms with Crippen molar-refractivity contribution in [3.63, 3.8) is 0 Å². The van der Waals surface area contributed by atoms with E-state index in [0.717, 1.165) is 13.1 Å². The molecule has 1 aromatic rings. The maximum absolute atomic E-state index is 4.72. The number of hydrogen-bond donors (Lipinski definition) is 1. The Morgan fingerprint density at radius 2 is 2.06 bits per heavy atom. The van der Waals surface area contributed by atoms with E-state index in [4.69, 9.17) is 5.10 Å². The van der Waals surface area contributed by atoms with E-state index < -0.39 is 0 Å². The van der Waals surface area contributed by atoms with E-state index in [1.54, 1.807) is 0 Å². The van der Waals surface area contributed by atoms with Crippen LogP contribution in [0.25, 0.3) is 0 Å². The molecule has 0 unspecified atom stereocenters. The largest absolute Gasteiger partial charge is 0.304 e. The van der Waals surface area contributed by atoms with Crippen LogP contribution >= 0.6 is 11.1 Å². The summed E-state index contributed by atoms with van der Waals surface area (Å²) in [4.78, 5) is 2.21. The first-order valence-electron chi connectivity index (χ1n) is 6.05. The molecule has 98 valence electrons. The maximum atomic E-state index is 4.72. The normalized spacial score (nSPS) is 21.1. The molecule has 0 aromatic carbocycles. The average Bonchev–Trinajstić information content (AvgIpc) is 2.67. The Kier molecular flexibility index (Phi) is 3.52. The van der Waals surface area contributed by atoms with Gasteiger partial charge in [0.1, 0.15) is 0 Å². The molecule has 5 heteroatoms. The minimum Gasteiger partial charge on any atom is -0.304 e. The van der Waals surface area contributed by atoms with Crippen LogP contribution in [0.4, 0.5) is 0 Å². The lowest BCUT2D eigenvalue weighted by molar-refractivity contribution is 0.372. The summed E-state index contributed by atoms with van der Waals surface area (Å²) in [6.45, 7) is 4.33. The molecule has 0 N–H and O–H groups in total. The van der Waals surface area contributed by atoms with Crippen molar-refractivity contribution in [2.45, 2.75) is 26.1 Å². The van der Waals surface area contributed by atoms with Crippen molar-refractivity contribution >= 4 is 11.1 Å². The van der Waals surface area contributed by atoms with Crippen LogP contribution in [0.5, 0.6) is 0 Å². The highest BCUT2D eigenvalue weighted by Crippen LogP contribution is 2.42. The van der Waals surface area contributed by atoms with Crippen LogP contribution in [0, 0.1) is 0 Å². The highest BCUT2D eigenvalue weighted by atomic mass is 32.2. The molecule has 0 amide bonds. The van der Waals surface area contributed by atoms with Gasteiger partial charge < -0.3 is 4.90 Å². The van der Waals surface area contributed by atoms with E-state index >= 15 is 0 Å². The van der Waals surface area contributed by atoms with Crippen molar-refractivity contribution in [3.8, 4) is 0 Å². The molecule has 0 spiro atoms. The predicted molar refractivity (Wildman–Crippen MR) is 75.4 cm³/mol. The summed E-state index contributed by atoms with van der Waals surface area (Å²) in [6, 6.07) is 0.480. The molecule has 0 saturated heterocycles. The van der Waals surface area contributed by atoms with Gasteiger partial charge in [0.25, 0.3) is 0 Å². The van der Waals surface area contributed by atoms with Gasteiger partial charge in [-0.3, -0.25) is 8.99 Å². The fourth-order valence-electron chi connectivity index (χ4n) is 2.56. The molecule has 4 nitrogen and oxygen atoms in total. The van der Waals surface area contributed by atoms with Gasteiger partial charge in [0.15, 0.2) is 0 Å². The number of fused-ring (bicyclic) bond motifs is 1. The predicted octanol–water partition coefficient (Wildman–Crippen LogP) is 1.53. The van der Waals surface area contributed by atoms with E-state index in [2.05, 4.69) is 54.5 Å². The van der Waals surface area contributed by atoms with Gasteiger partial charge in [0, 0.05) is 25.7 Å². The third kappa shape index (κ3) is 2.23. The fraction of sp³-hybridized carbons (Fsp3) is 0.750. The Bertz CT molecular complexity index is 411. The third-order valence-corrected chi connectivity index (χ3v) is 4.96. The summed E-state index contributed by atoms with van der Waals surface area (Å²) in [7, 11) is 6.29. The van der Waals surface area contributed by atoms with Gasteiger partial charge in [-0.05, 0) is 33.5 Å². The molecule has 17 heavy (non-hydrogen) atoms. The first-order valence-corrected chi connectivity index (χ1v) is 8.24. The molecule has 1 aliphatic heterocycles. The highest BCUT2D eigenvalue weighted by Gasteiger charge is 2.33. The second-order valence-corrected chi connectivity index (χ2v) is 7.50. The molecule has 0 aliphatic carbocycles. The van der Waals surface area contributed by atoms with Crippen LogP contribution in [0.1, 0.15) is 29.9 Å². The summed E-state index contributed by atoms with van der Waals surface area (Å²) >= 11 is -0.0335. The monoisotopic (exact) mass is 256 g/mol. The van der Waals surface area contributed by atoms with E-state index in [0.29, 0.717) is 6.04 Å². The number of nitrogens with zero attached hydrogens (tertiary/aromatic N) is 4. The number of aromatic nitrogens is 2. The van der Waals surface area contributed by atoms with Gasteiger partial charge in [0.2, 0.25) is 0 Å². The van der Waals surface area contributed by atoms with Gasteiger partial charge in [-0.1, -0.05) is 0 Å². The standard InChI is InChI=1S/C12H24N4S/c1-9-12-10(7-16(9)17(5)6)11(8-14(2)3)15(4)13-12/h9,17H,7-8H2,1-6H3/t9-/m0/s1. The van der Waals surface area contributed by atoms with E-state index in [9.17, 15) is 0 Å². The van der Waals surface area contributed by atoms with E-state index in [-0.39, 0.29) is 11.1 Å². The fourth-order valence-corrected chi connectivity index (χ4v) is 3.79. The SMILES string of the molecule is C[C@H]1c2nn(C)c(CN(C)C)c2CN1[SH](C)C. The lowest BCUT2D eigenvalue weighted by Gasteiger charge is -2.28. The minimum atomic E-state index is -0.0335. The summed E-state index contributed by atoms with van der Waals surface area (Å²) in [5, 5.41) is 4.72. The summed E-state index contributed by atoms with van der Waals surface area (Å²) in [5.41, 5.74) is 4.13. The minimum absolute atomic E-state index is 0.0335. The van der Waals surface area contributed by atoms with Crippen LogP contribution in [0.3, 0.4) is 0 Å². The number of rotatable bonds is 3. The summed E-state index contributed by atoms with van der Waals surface area (Å²) in [5.74, 6) is 0. The Morgan fingerprint density at radius 3 is 2.59 bits per heavy atom. The molecule has 0 saturated carbocycles. The molecule has 0 fully saturated rings. The van der Waals surface area contributed by atoms with E-state index in [1.165, 1.54) is 17.0 Å². The number of hydrogen-bond acceptors (Lipinski definition) is 3. The Balaban J connectivity index is 2.33. The van der Waals surface area contributed by atoms with Crippen molar-refractivity contribution in [3.05, 3.63) is 17.0 Å². The van der Waals surface area contributed by atoms with Crippen molar-refractivity contribution in [2.75, 3.05) is 26.6 Å². The lowest BCUT2D eigenvalue weighted by Crippen LogP contribution is -2.19. The van der Waals surface area contributed by atoms with Gasteiger partial charge in [-0.25, -0.2) is 11.1 Å². The highest BCUT2D eigenvalue weighted by molar-refractivity contribution is 8.13. The number of thiol groups is 1. The van der Waals surface area contributed by atoms with E-state index in [1.807, 2.05) is 0 Å². The van der Waals surface area contributed by atoms with Gasteiger partial charge in [0.05, 0.1) is 17.4 Å². The smallest absolute Gasteiger partial charge is 0.0850 e. The maximum Gasteiger partial charge on any atom is 0.0850 e. The quantitative estimate of drug-likeness (QED) is 0.830. The van der Waals surface area contributed by atoms with Crippen LogP contribution in [0.15, 0.2) is 0 Å². The van der Waals surface area contributed by atoms with Crippen molar-refractivity contribution in [1.82, 2.24) is 19.0 Å². The molecule has 2 rings (SSSR count). The molecule has 1 aromatic heterocycles. The average molecular weight is 256 g/mol. The van der Waals surface area contributed by atoms with Crippen LogP contribution in [0.2, 0.25) is 0 Å². The molecule has 2 heterocycles. The summed E-state index contributed by atoms with van der Waals surface area (Å²) < 4.78 is 4.64. The second kappa shape index (κ2) is 4.63.